The van der Waals surface area contributed by atoms with E-state index in [2.05, 4.69) is 22.1 Å². The second kappa shape index (κ2) is 5.67. The number of aromatic nitrogens is 1. The predicted molar refractivity (Wildman–Crippen MR) is 72.6 cm³/mol. The summed E-state index contributed by atoms with van der Waals surface area (Å²) in [6, 6.07) is 0.768. The fourth-order valence-corrected chi connectivity index (χ4v) is 2.85. The van der Waals surface area contributed by atoms with Crippen LogP contribution in [0.2, 0.25) is 0 Å². The molecule has 1 fully saturated rings. The van der Waals surface area contributed by atoms with Crippen molar-refractivity contribution in [1.29, 1.82) is 0 Å². The maximum Gasteiger partial charge on any atom is 0.355 e. The van der Waals surface area contributed by atoms with Crippen molar-refractivity contribution in [2.75, 3.05) is 25.0 Å². The average molecular weight is 269 g/mol. The van der Waals surface area contributed by atoms with Crippen molar-refractivity contribution in [2.24, 2.45) is 0 Å². The number of rotatable bonds is 7. The third kappa shape index (κ3) is 3.20. The summed E-state index contributed by atoms with van der Waals surface area (Å²) in [6.45, 7) is 6.84. The molecule has 0 amide bonds. The molecule has 1 aliphatic carbocycles. The van der Waals surface area contributed by atoms with E-state index in [-0.39, 0.29) is 5.69 Å². The Balaban J connectivity index is 1.82. The summed E-state index contributed by atoms with van der Waals surface area (Å²) < 4.78 is 0. The molecule has 0 atom stereocenters. The second-order valence-corrected chi connectivity index (χ2v) is 5.72. The van der Waals surface area contributed by atoms with Crippen molar-refractivity contribution in [3.63, 3.8) is 0 Å². The highest BCUT2D eigenvalue weighted by atomic mass is 32.1. The minimum atomic E-state index is -0.954. The Hall–Kier alpha value is -1.14. The Bertz CT molecular complexity index is 429. The van der Waals surface area contributed by atoms with Gasteiger partial charge in [0, 0.05) is 24.0 Å². The van der Waals surface area contributed by atoms with Gasteiger partial charge in [-0.3, -0.25) is 4.90 Å². The Morgan fingerprint density at radius 1 is 1.61 bits per heavy atom. The SMILES string of the molecule is CCN(CCNc1nc(C(=O)O)c(C)s1)C1CC1. The molecule has 0 bridgehead atoms. The highest BCUT2D eigenvalue weighted by Gasteiger charge is 2.27. The van der Waals surface area contributed by atoms with Crippen molar-refractivity contribution in [1.82, 2.24) is 9.88 Å². The van der Waals surface area contributed by atoms with E-state index in [0.717, 1.165) is 30.6 Å². The van der Waals surface area contributed by atoms with Gasteiger partial charge in [-0.15, -0.1) is 11.3 Å². The van der Waals surface area contributed by atoms with E-state index in [4.69, 9.17) is 5.11 Å². The summed E-state index contributed by atoms with van der Waals surface area (Å²) in [7, 11) is 0. The molecule has 6 heteroatoms. The van der Waals surface area contributed by atoms with E-state index in [1.807, 2.05) is 0 Å². The summed E-state index contributed by atoms with van der Waals surface area (Å²) in [6.07, 6.45) is 2.63. The molecule has 0 spiro atoms. The van der Waals surface area contributed by atoms with Gasteiger partial charge >= 0.3 is 5.97 Å². The van der Waals surface area contributed by atoms with Crippen LogP contribution in [0.15, 0.2) is 0 Å². The standard InChI is InChI=1S/C12H19N3O2S/c1-3-15(9-4-5-9)7-6-13-12-14-10(11(16)17)8(2)18-12/h9H,3-7H2,1-2H3,(H,13,14)(H,16,17). The Morgan fingerprint density at radius 2 is 2.33 bits per heavy atom. The van der Waals surface area contributed by atoms with Gasteiger partial charge in [-0.2, -0.15) is 0 Å². The summed E-state index contributed by atoms with van der Waals surface area (Å²) in [5.41, 5.74) is 0.164. The number of carboxylic acid groups (broad SMARTS) is 1. The Kier molecular flexibility index (Phi) is 4.19. The first-order valence-electron chi connectivity index (χ1n) is 6.30. The third-order valence-electron chi connectivity index (χ3n) is 3.14. The summed E-state index contributed by atoms with van der Waals surface area (Å²) in [5, 5.41) is 12.8. The molecule has 1 heterocycles. The molecule has 1 aliphatic rings. The minimum absolute atomic E-state index is 0.164. The molecular formula is C12H19N3O2S. The number of hydrogen-bond donors (Lipinski definition) is 2. The zero-order chi connectivity index (χ0) is 13.1. The third-order valence-corrected chi connectivity index (χ3v) is 4.07. The van der Waals surface area contributed by atoms with Crippen LogP contribution < -0.4 is 5.32 Å². The van der Waals surface area contributed by atoms with E-state index in [1.54, 1.807) is 6.92 Å². The van der Waals surface area contributed by atoms with Gasteiger partial charge in [0.05, 0.1) is 0 Å². The fraction of sp³-hybridized carbons (Fsp3) is 0.667. The van der Waals surface area contributed by atoms with Gasteiger partial charge in [0.2, 0.25) is 0 Å². The molecule has 0 radical (unpaired) electrons. The highest BCUT2D eigenvalue weighted by Crippen LogP contribution is 2.26. The zero-order valence-corrected chi connectivity index (χ0v) is 11.6. The molecule has 0 unspecified atom stereocenters. The molecule has 1 aromatic heterocycles. The first-order valence-corrected chi connectivity index (χ1v) is 7.12. The molecule has 1 saturated carbocycles. The lowest BCUT2D eigenvalue weighted by molar-refractivity contribution is 0.0690. The van der Waals surface area contributed by atoms with E-state index < -0.39 is 5.97 Å². The van der Waals surface area contributed by atoms with E-state index in [9.17, 15) is 4.79 Å². The van der Waals surface area contributed by atoms with E-state index >= 15 is 0 Å². The minimum Gasteiger partial charge on any atom is -0.476 e. The number of anilines is 1. The number of thiazole rings is 1. The molecule has 5 nitrogen and oxygen atoms in total. The van der Waals surface area contributed by atoms with Gasteiger partial charge in [0.25, 0.3) is 0 Å². The van der Waals surface area contributed by atoms with Crippen molar-refractivity contribution in [2.45, 2.75) is 32.7 Å². The molecule has 18 heavy (non-hydrogen) atoms. The molecule has 2 rings (SSSR count). The quantitative estimate of drug-likeness (QED) is 0.793. The van der Waals surface area contributed by atoms with Gasteiger partial charge in [-0.05, 0) is 26.3 Å². The van der Waals surface area contributed by atoms with Crippen LogP contribution in [0.25, 0.3) is 0 Å². The number of hydrogen-bond acceptors (Lipinski definition) is 5. The lowest BCUT2D eigenvalue weighted by Crippen LogP contribution is -2.30. The largest absolute Gasteiger partial charge is 0.476 e. The predicted octanol–water partition coefficient (Wildman–Crippen LogP) is 2.05. The van der Waals surface area contributed by atoms with Gasteiger partial charge in [0.1, 0.15) is 0 Å². The second-order valence-electron chi connectivity index (χ2n) is 4.52. The Labute approximate surface area is 111 Å². The number of likely N-dealkylation sites (N-methyl/N-ethyl adjacent to an activating group) is 1. The van der Waals surface area contributed by atoms with Crippen LogP contribution in [0.4, 0.5) is 5.13 Å². The lowest BCUT2D eigenvalue weighted by atomic mass is 10.4. The number of aryl methyl sites for hydroxylation is 1. The zero-order valence-electron chi connectivity index (χ0n) is 10.8. The number of aromatic carboxylic acids is 1. The molecule has 1 aromatic rings. The van der Waals surface area contributed by atoms with Gasteiger partial charge in [-0.1, -0.05) is 6.92 Å². The van der Waals surface area contributed by atoms with Crippen molar-refractivity contribution in [3.05, 3.63) is 10.6 Å². The number of carboxylic acids is 1. The summed E-state index contributed by atoms with van der Waals surface area (Å²) in [4.78, 5) is 18.2. The van der Waals surface area contributed by atoms with Crippen LogP contribution in [-0.2, 0) is 0 Å². The molecule has 0 aliphatic heterocycles. The highest BCUT2D eigenvalue weighted by molar-refractivity contribution is 7.15. The maximum atomic E-state index is 10.9. The molecular weight excluding hydrogens is 250 g/mol. The van der Waals surface area contributed by atoms with Crippen LogP contribution >= 0.6 is 11.3 Å². The maximum absolute atomic E-state index is 10.9. The fourth-order valence-electron chi connectivity index (χ4n) is 2.02. The van der Waals surface area contributed by atoms with Crippen LogP contribution in [0.5, 0.6) is 0 Å². The molecule has 100 valence electrons. The van der Waals surface area contributed by atoms with E-state index in [1.165, 1.54) is 24.2 Å². The lowest BCUT2D eigenvalue weighted by Gasteiger charge is -2.19. The van der Waals surface area contributed by atoms with Gasteiger partial charge in [-0.25, -0.2) is 9.78 Å². The summed E-state index contributed by atoms with van der Waals surface area (Å²) in [5.74, 6) is -0.954. The van der Waals surface area contributed by atoms with Gasteiger partial charge in [0.15, 0.2) is 10.8 Å². The van der Waals surface area contributed by atoms with Crippen molar-refractivity contribution in [3.8, 4) is 0 Å². The van der Waals surface area contributed by atoms with Crippen LogP contribution in [-0.4, -0.2) is 46.6 Å². The molecule has 0 saturated heterocycles. The van der Waals surface area contributed by atoms with Crippen LogP contribution in [0.1, 0.15) is 35.1 Å². The van der Waals surface area contributed by atoms with Crippen molar-refractivity contribution < 1.29 is 9.90 Å². The number of carbonyl (C=O) groups is 1. The number of nitrogens with zero attached hydrogens (tertiary/aromatic N) is 2. The van der Waals surface area contributed by atoms with Crippen molar-refractivity contribution >= 4 is 22.4 Å². The van der Waals surface area contributed by atoms with Crippen LogP contribution in [0, 0.1) is 6.92 Å². The van der Waals surface area contributed by atoms with E-state index in [0.29, 0.717) is 5.13 Å². The Morgan fingerprint density at radius 3 is 2.83 bits per heavy atom. The first-order chi connectivity index (χ1) is 8.61. The monoisotopic (exact) mass is 269 g/mol. The average Bonchev–Trinajstić information content (AvgIpc) is 3.08. The van der Waals surface area contributed by atoms with Crippen LogP contribution in [0.3, 0.4) is 0 Å². The topological polar surface area (TPSA) is 65.5 Å². The first kappa shape index (κ1) is 13.3. The number of nitrogens with one attached hydrogen (secondary N) is 1. The van der Waals surface area contributed by atoms with Gasteiger partial charge < -0.3 is 10.4 Å². The summed E-state index contributed by atoms with van der Waals surface area (Å²) >= 11 is 1.40. The molecule has 2 N–H and O–H groups in total. The smallest absolute Gasteiger partial charge is 0.355 e. The molecule has 0 aromatic carbocycles. The normalized spacial score (nSPS) is 15.1.